The average molecular weight is 481 g/mol. The molecule has 1 atom stereocenters. The lowest BCUT2D eigenvalue weighted by Crippen LogP contribution is -2.50. The van der Waals surface area contributed by atoms with E-state index in [2.05, 4.69) is 23.1 Å². The molecule has 2 heterocycles. The summed E-state index contributed by atoms with van der Waals surface area (Å²) in [6, 6.07) is 22.1. The summed E-state index contributed by atoms with van der Waals surface area (Å²) in [5, 5.41) is 4.43. The summed E-state index contributed by atoms with van der Waals surface area (Å²) in [6.07, 6.45) is 0. The molecule has 0 spiro atoms. The Balaban J connectivity index is 1.50. The second kappa shape index (κ2) is 8.78. The summed E-state index contributed by atoms with van der Waals surface area (Å²) >= 11 is 14.4. The first-order valence-corrected chi connectivity index (χ1v) is 12.2. The molecular weight excluding hydrogens is 459 g/mol. The molecule has 1 amide bonds. The zero-order chi connectivity index (χ0) is 22.2. The molecule has 3 nitrogen and oxygen atoms in total. The molecule has 1 unspecified atom stereocenters. The number of hydrogen-bond donors (Lipinski definition) is 0. The molecule has 0 aliphatic carbocycles. The number of halogens is 2. The lowest BCUT2D eigenvalue weighted by Gasteiger charge is -2.43. The molecular formula is C26H22Cl2N2OS. The molecule has 6 heteroatoms. The number of anilines is 1. The summed E-state index contributed by atoms with van der Waals surface area (Å²) < 4.78 is 1.13. The third-order valence-electron chi connectivity index (χ3n) is 6.05. The monoisotopic (exact) mass is 480 g/mol. The fourth-order valence-corrected chi connectivity index (χ4v) is 5.79. The van der Waals surface area contributed by atoms with Gasteiger partial charge in [0.2, 0.25) is 0 Å². The third-order valence-corrected chi connectivity index (χ3v) is 7.56. The van der Waals surface area contributed by atoms with Crippen LogP contribution in [0.2, 0.25) is 10.0 Å². The molecule has 1 saturated heterocycles. The van der Waals surface area contributed by atoms with E-state index in [0.29, 0.717) is 24.7 Å². The molecule has 0 saturated carbocycles. The number of benzene rings is 3. The van der Waals surface area contributed by atoms with Crippen LogP contribution < -0.4 is 4.90 Å². The Kier molecular flexibility index (Phi) is 5.85. The number of hydrogen-bond acceptors (Lipinski definition) is 3. The van der Waals surface area contributed by atoms with Crippen LogP contribution in [0.4, 0.5) is 5.69 Å². The van der Waals surface area contributed by atoms with Gasteiger partial charge in [-0.05, 0) is 48.4 Å². The van der Waals surface area contributed by atoms with Crippen LogP contribution in [0.25, 0.3) is 10.1 Å². The van der Waals surface area contributed by atoms with Crippen LogP contribution >= 0.6 is 34.5 Å². The molecule has 162 valence electrons. The molecule has 32 heavy (non-hydrogen) atoms. The maximum atomic E-state index is 13.5. The van der Waals surface area contributed by atoms with Crippen molar-refractivity contribution in [3.63, 3.8) is 0 Å². The van der Waals surface area contributed by atoms with Gasteiger partial charge in [0.1, 0.15) is 0 Å². The predicted molar refractivity (Wildman–Crippen MR) is 135 cm³/mol. The standard InChI is InChI=1S/C26H22Cl2N2OS/c1-17-6-11-23(22(28)14-17)30-13-12-29(15-24(30)18-7-9-19(27)10-8-18)26(31)21-16-32-25-5-3-2-4-20(21)25/h2-11,14,16,24H,12-13,15H2,1H3. The number of carbonyl (C=O) groups is 1. The largest absolute Gasteiger partial charge is 0.360 e. The van der Waals surface area contributed by atoms with Crippen LogP contribution in [0.15, 0.2) is 72.1 Å². The second-order valence-electron chi connectivity index (χ2n) is 8.11. The maximum Gasteiger partial charge on any atom is 0.255 e. The summed E-state index contributed by atoms with van der Waals surface area (Å²) in [5.74, 6) is 0.0797. The Hall–Kier alpha value is -2.53. The lowest BCUT2D eigenvalue weighted by molar-refractivity contribution is 0.0724. The Morgan fingerprint density at radius 2 is 1.78 bits per heavy atom. The van der Waals surface area contributed by atoms with E-state index < -0.39 is 0 Å². The lowest BCUT2D eigenvalue weighted by atomic mass is 10.00. The van der Waals surface area contributed by atoms with Crippen LogP contribution in [0.5, 0.6) is 0 Å². The molecule has 5 rings (SSSR count). The summed E-state index contributed by atoms with van der Waals surface area (Å²) in [6.45, 7) is 3.95. The molecule has 1 aliphatic heterocycles. The molecule has 0 bridgehead atoms. The zero-order valence-electron chi connectivity index (χ0n) is 17.6. The first-order chi connectivity index (χ1) is 15.5. The van der Waals surface area contributed by atoms with Gasteiger partial charge >= 0.3 is 0 Å². The normalized spacial score (nSPS) is 16.5. The van der Waals surface area contributed by atoms with E-state index in [4.69, 9.17) is 23.2 Å². The van der Waals surface area contributed by atoms with E-state index in [1.807, 2.05) is 65.7 Å². The highest BCUT2D eigenvalue weighted by atomic mass is 35.5. The van der Waals surface area contributed by atoms with Gasteiger partial charge in [0.15, 0.2) is 0 Å². The molecule has 4 aromatic rings. The smallest absolute Gasteiger partial charge is 0.255 e. The van der Waals surface area contributed by atoms with Gasteiger partial charge in [0, 0.05) is 40.1 Å². The van der Waals surface area contributed by atoms with Gasteiger partial charge in [-0.15, -0.1) is 11.3 Å². The predicted octanol–water partition coefficient (Wildman–Crippen LogP) is 7.22. The van der Waals surface area contributed by atoms with E-state index in [0.717, 1.165) is 37.5 Å². The number of fused-ring (bicyclic) bond motifs is 1. The van der Waals surface area contributed by atoms with Crippen molar-refractivity contribution in [1.82, 2.24) is 4.90 Å². The van der Waals surface area contributed by atoms with Crippen molar-refractivity contribution >= 4 is 56.2 Å². The maximum absolute atomic E-state index is 13.5. The van der Waals surface area contributed by atoms with Crippen LogP contribution in [0.3, 0.4) is 0 Å². The minimum Gasteiger partial charge on any atom is -0.360 e. The molecule has 0 radical (unpaired) electrons. The quantitative estimate of drug-likeness (QED) is 0.309. The van der Waals surface area contributed by atoms with Gasteiger partial charge in [0.25, 0.3) is 5.91 Å². The number of aryl methyl sites for hydroxylation is 1. The van der Waals surface area contributed by atoms with Crippen LogP contribution in [0, 0.1) is 6.92 Å². The van der Waals surface area contributed by atoms with Gasteiger partial charge in [-0.1, -0.05) is 59.6 Å². The highest BCUT2D eigenvalue weighted by Crippen LogP contribution is 2.37. The molecule has 1 fully saturated rings. The number of piperazine rings is 1. The summed E-state index contributed by atoms with van der Waals surface area (Å²) in [5.41, 5.74) is 4.01. The van der Waals surface area contributed by atoms with E-state index in [9.17, 15) is 4.79 Å². The number of amides is 1. The molecule has 1 aliphatic rings. The van der Waals surface area contributed by atoms with Crippen molar-refractivity contribution in [2.24, 2.45) is 0 Å². The van der Waals surface area contributed by atoms with Gasteiger partial charge < -0.3 is 9.80 Å². The van der Waals surface area contributed by atoms with Crippen molar-refractivity contribution in [3.05, 3.63) is 98.8 Å². The number of nitrogens with zero attached hydrogens (tertiary/aromatic N) is 2. The van der Waals surface area contributed by atoms with Crippen molar-refractivity contribution in [1.29, 1.82) is 0 Å². The van der Waals surface area contributed by atoms with Crippen LogP contribution in [-0.4, -0.2) is 30.4 Å². The minimum absolute atomic E-state index is 0.0185. The molecule has 1 aromatic heterocycles. The highest BCUT2D eigenvalue weighted by Gasteiger charge is 2.33. The van der Waals surface area contributed by atoms with Crippen molar-refractivity contribution in [3.8, 4) is 0 Å². The SMILES string of the molecule is Cc1ccc(N2CCN(C(=O)c3csc4ccccc34)CC2c2ccc(Cl)cc2)c(Cl)c1. The van der Waals surface area contributed by atoms with Crippen LogP contribution in [-0.2, 0) is 0 Å². The molecule has 3 aromatic carbocycles. The average Bonchev–Trinajstić information content (AvgIpc) is 3.23. The van der Waals surface area contributed by atoms with E-state index in [1.165, 1.54) is 0 Å². The Morgan fingerprint density at radius 1 is 1.00 bits per heavy atom. The number of carbonyl (C=O) groups excluding carboxylic acids is 1. The first-order valence-electron chi connectivity index (χ1n) is 10.5. The van der Waals surface area contributed by atoms with Crippen molar-refractivity contribution < 1.29 is 4.79 Å². The zero-order valence-corrected chi connectivity index (χ0v) is 19.9. The second-order valence-corrected chi connectivity index (χ2v) is 9.87. The fraction of sp³-hybridized carbons (Fsp3) is 0.192. The topological polar surface area (TPSA) is 23.6 Å². The van der Waals surface area contributed by atoms with Crippen molar-refractivity contribution in [2.75, 3.05) is 24.5 Å². The Bertz CT molecular complexity index is 1280. The third kappa shape index (κ3) is 3.99. The van der Waals surface area contributed by atoms with Crippen molar-refractivity contribution in [2.45, 2.75) is 13.0 Å². The number of thiophene rings is 1. The van der Waals surface area contributed by atoms with E-state index in [1.54, 1.807) is 11.3 Å². The van der Waals surface area contributed by atoms with E-state index in [-0.39, 0.29) is 11.9 Å². The van der Waals surface area contributed by atoms with Gasteiger partial charge in [-0.2, -0.15) is 0 Å². The summed E-state index contributed by atoms with van der Waals surface area (Å²) in [7, 11) is 0. The van der Waals surface area contributed by atoms with E-state index >= 15 is 0 Å². The number of rotatable bonds is 3. The van der Waals surface area contributed by atoms with Gasteiger partial charge in [-0.3, -0.25) is 4.79 Å². The molecule has 0 N–H and O–H groups in total. The Labute approximate surface area is 201 Å². The van der Waals surface area contributed by atoms with Crippen LogP contribution in [0.1, 0.15) is 27.5 Å². The fourth-order valence-electron chi connectivity index (χ4n) is 4.38. The Morgan fingerprint density at radius 3 is 2.56 bits per heavy atom. The van der Waals surface area contributed by atoms with Gasteiger partial charge in [0.05, 0.1) is 22.3 Å². The first kappa shape index (κ1) is 21.3. The highest BCUT2D eigenvalue weighted by molar-refractivity contribution is 7.17. The minimum atomic E-state index is -0.0185. The van der Waals surface area contributed by atoms with Gasteiger partial charge in [-0.25, -0.2) is 0 Å². The summed E-state index contributed by atoms with van der Waals surface area (Å²) in [4.78, 5) is 17.8.